The Kier molecular flexibility index (Phi) is 10.6. The average molecular weight is 573 g/mol. The molecule has 0 spiro atoms. The lowest BCUT2D eigenvalue weighted by Gasteiger charge is -2.31. The molecule has 5 rings (SSSR count). The van der Waals surface area contributed by atoms with Crippen LogP contribution in [-0.4, -0.2) is 75.4 Å². The van der Waals surface area contributed by atoms with Crippen LogP contribution in [0.25, 0.3) is 0 Å². The lowest BCUT2D eigenvalue weighted by atomic mass is 9.90. The number of aromatic nitrogens is 3. The fourth-order valence-corrected chi connectivity index (χ4v) is 6.15. The molecule has 1 aromatic heterocycles. The molecule has 10 heteroatoms. The standard InChI is InChI=1S/C32H44N8O2/c33-28-12-10-27(11-13-28)19-34-32(42)35-30(24-41)21-39-16-4-7-31(39)23-40-22-29(36-37-40)20-38-17-14-26(15-18-38)9-8-25-5-2-1-3-6-25/h1-3,5-6,10-13,22,24,26,30-31H,4,7-9,14-21,23,33H2,(H2,34,35,42)/t30?,31-/m1/s1. The summed E-state index contributed by atoms with van der Waals surface area (Å²) in [5.41, 5.74) is 9.78. The fourth-order valence-electron chi connectivity index (χ4n) is 6.15. The van der Waals surface area contributed by atoms with Crippen LogP contribution in [0.4, 0.5) is 10.5 Å². The Morgan fingerprint density at radius 1 is 1.02 bits per heavy atom. The number of carbonyl (C=O) groups is 2. The Balaban J connectivity index is 1.03. The minimum absolute atomic E-state index is 0.252. The molecule has 224 valence electrons. The Morgan fingerprint density at radius 3 is 2.57 bits per heavy atom. The van der Waals surface area contributed by atoms with Crippen molar-refractivity contribution in [2.24, 2.45) is 5.92 Å². The number of piperidine rings is 1. The van der Waals surface area contributed by atoms with E-state index in [0.717, 1.165) is 69.0 Å². The number of nitrogens with zero attached hydrogens (tertiary/aromatic N) is 5. The van der Waals surface area contributed by atoms with Crippen molar-refractivity contribution in [2.75, 3.05) is 31.9 Å². The molecule has 3 heterocycles. The Hall–Kier alpha value is -3.76. The number of likely N-dealkylation sites (tertiary alicyclic amines) is 2. The average Bonchev–Trinajstić information content (AvgIpc) is 3.65. The molecule has 0 aliphatic carbocycles. The highest BCUT2D eigenvalue weighted by Crippen LogP contribution is 2.24. The van der Waals surface area contributed by atoms with E-state index in [1.807, 2.05) is 16.8 Å². The molecule has 3 aromatic rings. The summed E-state index contributed by atoms with van der Waals surface area (Å²) < 4.78 is 1.94. The van der Waals surface area contributed by atoms with Gasteiger partial charge in [0.15, 0.2) is 0 Å². The van der Waals surface area contributed by atoms with Crippen molar-refractivity contribution >= 4 is 18.0 Å². The molecule has 2 saturated heterocycles. The topological polar surface area (TPSA) is 121 Å². The maximum atomic E-state index is 12.4. The molecule has 0 saturated carbocycles. The lowest BCUT2D eigenvalue weighted by Crippen LogP contribution is -2.49. The predicted octanol–water partition coefficient (Wildman–Crippen LogP) is 3.24. The predicted molar refractivity (Wildman–Crippen MR) is 163 cm³/mol. The second kappa shape index (κ2) is 14.9. The van der Waals surface area contributed by atoms with E-state index in [0.29, 0.717) is 18.8 Å². The van der Waals surface area contributed by atoms with Gasteiger partial charge >= 0.3 is 6.03 Å². The number of aryl methyl sites for hydroxylation is 1. The van der Waals surface area contributed by atoms with Gasteiger partial charge in [0.2, 0.25) is 0 Å². The van der Waals surface area contributed by atoms with E-state index >= 15 is 0 Å². The molecule has 42 heavy (non-hydrogen) atoms. The monoisotopic (exact) mass is 572 g/mol. The van der Waals surface area contributed by atoms with Crippen LogP contribution >= 0.6 is 0 Å². The van der Waals surface area contributed by atoms with Crippen molar-refractivity contribution in [3.05, 3.63) is 77.6 Å². The first-order chi connectivity index (χ1) is 20.5. The third kappa shape index (κ3) is 8.87. The van der Waals surface area contributed by atoms with Crippen LogP contribution in [0.3, 0.4) is 0 Å². The second-order valence-corrected chi connectivity index (χ2v) is 11.8. The number of hydrogen-bond donors (Lipinski definition) is 3. The summed E-state index contributed by atoms with van der Waals surface area (Å²) in [6.07, 6.45) is 9.88. The van der Waals surface area contributed by atoms with Crippen LogP contribution in [0.1, 0.15) is 48.9 Å². The third-order valence-corrected chi connectivity index (χ3v) is 8.60. The summed E-state index contributed by atoms with van der Waals surface area (Å²) >= 11 is 0. The van der Waals surface area contributed by atoms with Crippen molar-refractivity contribution in [3.8, 4) is 0 Å². The molecule has 1 unspecified atom stereocenters. The number of rotatable bonds is 13. The summed E-state index contributed by atoms with van der Waals surface area (Å²) in [7, 11) is 0. The van der Waals surface area contributed by atoms with Crippen LogP contribution in [-0.2, 0) is 30.8 Å². The molecule has 0 radical (unpaired) electrons. The van der Waals surface area contributed by atoms with Gasteiger partial charge in [0.1, 0.15) is 6.29 Å². The highest BCUT2D eigenvalue weighted by atomic mass is 16.2. The minimum Gasteiger partial charge on any atom is -0.399 e. The normalized spacial score (nSPS) is 19.0. The van der Waals surface area contributed by atoms with Crippen LogP contribution in [0.15, 0.2) is 60.8 Å². The summed E-state index contributed by atoms with van der Waals surface area (Å²) in [6.45, 7) is 5.51. The lowest BCUT2D eigenvalue weighted by molar-refractivity contribution is -0.109. The van der Waals surface area contributed by atoms with Gasteiger partial charge in [-0.05, 0) is 87.3 Å². The van der Waals surface area contributed by atoms with Crippen LogP contribution in [0.2, 0.25) is 0 Å². The van der Waals surface area contributed by atoms with E-state index in [-0.39, 0.29) is 12.1 Å². The zero-order chi connectivity index (χ0) is 29.1. The van der Waals surface area contributed by atoms with Gasteiger partial charge in [-0.2, -0.15) is 0 Å². The quantitative estimate of drug-likeness (QED) is 0.212. The fraction of sp³-hybridized carbons (Fsp3) is 0.500. The highest BCUT2D eigenvalue weighted by Gasteiger charge is 2.28. The van der Waals surface area contributed by atoms with Crippen molar-refractivity contribution in [1.82, 2.24) is 35.4 Å². The van der Waals surface area contributed by atoms with E-state index < -0.39 is 6.04 Å². The molecule has 2 amide bonds. The number of nitrogens with one attached hydrogen (secondary N) is 2. The number of hydrogen-bond acceptors (Lipinski definition) is 7. The summed E-state index contributed by atoms with van der Waals surface area (Å²) in [6, 6.07) is 17.4. The van der Waals surface area contributed by atoms with Gasteiger partial charge in [-0.3, -0.25) is 14.5 Å². The number of carbonyl (C=O) groups excluding carboxylic acids is 2. The van der Waals surface area contributed by atoms with Crippen LogP contribution < -0.4 is 16.4 Å². The number of anilines is 1. The molecular weight excluding hydrogens is 528 g/mol. The van der Waals surface area contributed by atoms with E-state index in [1.165, 1.54) is 31.2 Å². The first kappa shape index (κ1) is 29.7. The summed E-state index contributed by atoms with van der Waals surface area (Å²) in [5, 5.41) is 14.5. The Labute approximate surface area is 248 Å². The molecule has 2 aromatic carbocycles. The molecule has 2 aliphatic rings. The van der Waals surface area contributed by atoms with Gasteiger partial charge in [-0.25, -0.2) is 4.79 Å². The van der Waals surface area contributed by atoms with Gasteiger partial charge in [0.05, 0.1) is 18.3 Å². The SMILES string of the molecule is Nc1ccc(CNC(=O)NC(C=O)CN2CCC[C@@H]2Cn2cc(CN3CCC(CCc4ccccc4)CC3)nn2)cc1. The second-order valence-electron chi connectivity index (χ2n) is 11.8. The van der Waals surface area contributed by atoms with Gasteiger partial charge in [0.25, 0.3) is 0 Å². The minimum atomic E-state index is -0.584. The van der Waals surface area contributed by atoms with Crippen molar-refractivity contribution < 1.29 is 9.59 Å². The number of aldehydes is 1. The van der Waals surface area contributed by atoms with Crippen molar-refractivity contribution in [1.29, 1.82) is 0 Å². The number of urea groups is 1. The molecule has 0 bridgehead atoms. The van der Waals surface area contributed by atoms with E-state index in [2.05, 4.69) is 67.3 Å². The van der Waals surface area contributed by atoms with E-state index in [1.54, 1.807) is 12.1 Å². The zero-order valence-electron chi connectivity index (χ0n) is 24.4. The van der Waals surface area contributed by atoms with Crippen LogP contribution in [0.5, 0.6) is 0 Å². The van der Waals surface area contributed by atoms with Crippen molar-refractivity contribution in [3.63, 3.8) is 0 Å². The first-order valence-electron chi connectivity index (χ1n) is 15.3. The van der Waals surface area contributed by atoms with Crippen molar-refractivity contribution in [2.45, 2.75) is 70.2 Å². The van der Waals surface area contributed by atoms with Gasteiger partial charge in [-0.15, -0.1) is 5.10 Å². The maximum Gasteiger partial charge on any atom is 0.315 e. The van der Waals surface area contributed by atoms with E-state index in [4.69, 9.17) is 5.73 Å². The zero-order valence-corrected chi connectivity index (χ0v) is 24.4. The van der Waals surface area contributed by atoms with Gasteiger partial charge < -0.3 is 21.2 Å². The maximum absolute atomic E-state index is 12.4. The first-order valence-corrected chi connectivity index (χ1v) is 15.3. The third-order valence-electron chi connectivity index (χ3n) is 8.60. The van der Waals surface area contributed by atoms with Gasteiger partial charge in [0, 0.05) is 37.6 Å². The molecule has 2 atom stereocenters. The number of benzene rings is 2. The Bertz CT molecular complexity index is 1260. The molecule has 2 aliphatic heterocycles. The number of amides is 2. The molecular formula is C32H44N8O2. The highest BCUT2D eigenvalue weighted by molar-refractivity contribution is 5.78. The molecule has 4 N–H and O–H groups in total. The Morgan fingerprint density at radius 2 is 1.81 bits per heavy atom. The summed E-state index contributed by atoms with van der Waals surface area (Å²) in [5.74, 6) is 0.796. The van der Waals surface area contributed by atoms with Crippen LogP contribution in [0, 0.1) is 5.92 Å². The molecule has 2 fully saturated rings. The largest absolute Gasteiger partial charge is 0.399 e. The van der Waals surface area contributed by atoms with Gasteiger partial charge in [-0.1, -0.05) is 47.7 Å². The smallest absolute Gasteiger partial charge is 0.315 e. The number of nitrogens with two attached hydrogens (primary N) is 1. The van der Waals surface area contributed by atoms with E-state index in [9.17, 15) is 9.59 Å². The number of nitrogen functional groups attached to an aromatic ring is 1. The summed E-state index contributed by atoms with van der Waals surface area (Å²) in [4.78, 5) is 29.0. The molecule has 10 nitrogen and oxygen atoms in total.